The summed E-state index contributed by atoms with van der Waals surface area (Å²) in [6.45, 7) is 1.16. The molecule has 1 aromatic carbocycles. The number of nitrogens with zero attached hydrogens (tertiary/aromatic N) is 2. The van der Waals surface area contributed by atoms with Gasteiger partial charge in [0.25, 0.3) is 0 Å². The predicted molar refractivity (Wildman–Crippen MR) is 66.0 cm³/mol. The lowest BCUT2D eigenvalue weighted by Crippen LogP contribution is -1.94. The van der Waals surface area contributed by atoms with Crippen LogP contribution in [0.4, 0.5) is 0 Å². The Labute approximate surface area is 112 Å². The van der Waals surface area contributed by atoms with Gasteiger partial charge in [-0.25, -0.2) is 0 Å². The van der Waals surface area contributed by atoms with Crippen LogP contribution in [0, 0.1) is 0 Å². The molecule has 5 nitrogen and oxygen atoms in total. The minimum atomic E-state index is 0.281. The predicted octanol–water partition coefficient (Wildman–Crippen LogP) is 2.64. The third kappa shape index (κ3) is 2.55. The Kier molecular flexibility index (Phi) is 3.31. The van der Waals surface area contributed by atoms with Crippen molar-refractivity contribution in [1.82, 2.24) is 10.2 Å². The number of hydrogen-bond acceptors (Lipinski definition) is 6. The molecule has 0 spiro atoms. The third-order valence-corrected chi connectivity index (χ3v) is 3.37. The first-order valence-electron chi connectivity index (χ1n) is 5.25. The van der Waals surface area contributed by atoms with Crippen LogP contribution < -0.4 is 9.47 Å². The topological polar surface area (TPSA) is 53.5 Å². The van der Waals surface area contributed by atoms with Crippen LogP contribution in [0.15, 0.2) is 18.2 Å². The van der Waals surface area contributed by atoms with Gasteiger partial charge in [-0.2, -0.15) is 0 Å². The van der Waals surface area contributed by atoms with E-state index in [0.29, 0.717) is 17.7 Å². The monoisotopic (exact) mass is 284 g/mol. The van der Waals surface area contributed by atoms with Gasteiger partial charge in [0.15, 0.2) is 11.5 Å². The molecule has 1 aromatic heterocycles. The molecule has 0 unspecified atom stereocenters. The molecule has 0 amide bonds. The number of hydrogen-bond donors (Lipinski definition) is 0. The maximum atomic E-state index is 5.68. The fourth-order valence-corrected chi connectivity index (χ4v) is 2.38. The first kappa shape index (κ1) is 11.7. The van der Waals surface area contributed by atoms with Gasteiger partial charge in [-0.1, -0.05) is 17.4 Å². The highest BCUT2D eigenvalue weighted by Crippen LogP contribution is 2.32. The minimum absolute atomic E-state index is 0.281. The van der Waals surface area contributed by atoms with Crippen molar-refractivity contribution < 1.29 is 14.2 Å². The van der Waals surface area contributed by atoms with Crippen molar-refractivity contribution in [3.8, 4) is 11.5 Å². The van der Waals surface area contributed by atoms with Crippen LogP contribution >= 0.6 is 22.9 Å². The zero-order valence-corrected chi connectivity index (χ0v) is 10.8. The lowest BCUT2D eigenvalue weighted by atomic mass is 10.2. The fourth-order valence-electron chi connectivity index (χ4n) is 1.58. The second-order valence-corrected chi connectivity index (χ2v) is 5.27. The Hall–Kier alpha value is -1.37. The molecule has 94 valence electrons. The van der Waals surface area contributed by atoms with Gasteiger partial charge in [0.05, 0.1) is 6.61 Å². The quantitative estimate of drug-likeness (QED) is 0.864. The van der Waals surface area contributed by atoms with E-state index in [0.717, 1.165) is 22.1 Å². The highest BCUT2D eigenvalue weighted by atomic mass is 35.5. The molecule has 0 aliphatic carbocycles. The van der Waals surface area contributed by atoms with Crippen LogP contribution in [-0.4, -0.2) is 17.0 Å². The van der Waals surface area contributed by atoms with Crippen LogP contribution in [0.25, 0.3) is 0 Å². The van der Waals surface area contributed by atoms with E-state index in [1.807, 2.05) is 18.2 Å². The zero-order chi connectivity index (χ0) is 12.4. The Morgan fingerprint density at radius 1 is 1.22 bits per heavy atom. The van der Waals surface area contributed by atoms with E-state index in [9.17, 15) is 0 Å². The molecular formula is C11H9ClN2O3S. The summed E-state index contributed by atoms with van der Waals surface area (Å²) in [7, 11) is 0. The summed E-state index contributed by atoms with van der Waals surface area (Å²) in [4.78, 5) is 0. The van der Waals surface area contributed by atoms with E-state index < -0.39 is 0 Å². The van der Waals surface area contributed by atoms with Crippen LogP contribution in [0.5, 0.6) is 11.5 Å². The molecule has 7 heteroatoms. The molecule has 2 aromatic rings. The highest BCUT2D eigenvalue weighted by Gasteiger charge is 2.13. The van der Waals surface area contributed by atoms with Crippen molar-refractivity contribution in [2.24, 2.45) is 0 Å². The van der Waals surface area contributed by atoms with E-state index in [4.69, 9.17) is 25.8 Å². The normalized spacial score (nSPS) is 12.9. The summed E-state index contributed by atoms with van der Waals surface area (Å²) in [5.74, 6) is 1.53. The summed E-state index contributed by atoms with van der Waals surface area (Å²) in [6, 6.07) is 5.73. The largest absolute Gasteiger partial charge is 0.454 e. The van der Waals surface area contributed by atoms with Crippen LogP contribution in [0.2, 0.25) is 4.47 Å². The van der Waals surface area contributed by atoms with E-state index >= 15 is 0 Å². The van der Waals surface area contributed by atoms with Crippen molar-refractivity contribution in [3.05, 3.63) is 33.2 Å². The zero-order valence-electron chi connectivity index (χ0n) is 9.26. The Morgan fingerprint density at radius 3 is 2.94 bits per heavy atom. The summed E-state index contributed by atoms with van der Waals surface area (Å²) in [5, 5.41) is 8.34. The molecule has 0 saturated heterocycles. The van der Waals surface area contributed by atoms with E-state index in [1.54, 1.807) is 0 Å². The van der Waals surface area contributed by atoms with Crippen LogP contribution in [-0.2, 0) is 18.0 Å². The molecular weight excluding hydrogens is 276 g/mol. The van der Waals surface area contributed by atoms with Gasteiger partial charge in [-0.05, 0) is 29.3 Å². The molecule has 0 bridgehead atoms. The van der Waals surface area contributed by atoms with Crippen molar-refractivity contribution in [2.75, 3.05) is 6.79 Å². The van der Waals surface area contributed by atoms with Crippen molar-refractivity contribution in [2.45, 2.75) is 13.2 Å². The van der Waals surface area contributed by atoms with Crippen molar-refractivity contribution in [3.63, 3.8) is 0 Å². The Bertz CT molecular complexity index is 561. The molecule has 0 radical (unpaired) electrons. The number of ether oxygens (including phenoxy) is 3. The molecule has 18 heavy (non-hydrogen) atoms. The van der Waals surface area contributed by atoms with Gasteiger partial charge in [-0.15, -0.1) is 10.2 Å². The smallest absolute Gasteiger partial charge is 0.231 e. The third-order valence-electron chi connectivity index (χ3n) is 2.37. The van der Waals surface area contributed by atoms with Gasteiger partial charge < -0.3 is 14.2 Å². The van der Waals surface area contributed by atoms with Crippen LogP contribution in [0.1, 0.15) is 10.6 Å². The molecule has 3 rings (SSSR count). The summed E-state index contributed by atoms with van der Waals surface area (Å²) in [5.41, 5.74) is 1.02. The van der Waals surface area contributed by atoms with Crippen molar-refractivity contribution >= 4 is 22.9 Å². The number of halogens is 1. The van der Waals surface area contributed by atoms with Gasteiger partial charge in [0, 0.05) is 0 Å². The first-order chi connectivity index (χ1) is 8.81. The van der Waals surface area contributed by atoms with E-state index in [-0.39, 0.29) is 6.79 Å². The SMILES string of the molecule is Clc1nnc(COCc2ccc3c(c2)OCO3)s1. The number of fused-ring (bicyclic) bond motifs is 1. The van der Waals surface area contributed by atoms with E-state index in [1.165, 1.54) is 11.3 Å². The molecule has 0 fully saturated rings. The first-order valence-corrected chi connectivity index (χ1v) is 6.45. The van der Waals surface area contributed by atoms with Gasteiger partial charge in [0.2, 0.25) is 11.3 Å². The highest BCUT2D eigenvalue weighted by molar-refractivity contribution is 7.15. The lowest BCUT2D eigenvalue weighted by Gasteiger charge is -2.03. The molecule has 1 aliphatic heterocycles. The lowest BCUT2D eigenvalue weighted by molar-refractivity contribution is 0.106. The fraction of sp³-hybridized carbons (Fsp3) is 0.273. The van der Waals surface area contributed by atoms with Crippen LogP contribution in [0.3, 0.4) is 0 Å². The number of benzene rings is 1. The maximum Gasteiger partial charge on any atom is 0.231 e. The summed E-state index contributed by atoms with van der Waals surface area (Å²) < 4.78 is 16.5. The van der Waals surface area contributed by atoms with Gasteiger partial charge in [0.1, 0.15) is 11.6 Å². The van der Waals surface area contributed by atoms with Gasteiger partial charge >= 0.3 is 0 Å². The number of rotatable bonds is 4. The second kappa shape index (κ2) is 5.09. The molecule has 2 heterocycles. The Morgan fingerprint density at radius 2 is 2.11 bits per heavy atom. The van der Waals surface area contributed by atoms with Crippen molar-refractivity contribution in [1.29, 1.82) is 0 Å². The molecule has 0 N–H and O–H groups in total. The summed E-state index contributed by atoms with van der Waals surface area (Å²) in [6.07, 6.45) is 0. The summed E-state index contributed by atoms with van der Waals surface area (Å²) >= 11 is 7.00. The maximum absolute atomic E-state index is 5.68. The molecule has 0 saturated carbocycles. The second-order valence-electron chi connectivity index (χ2n) is 3.63. The molecule has 0 atom stereocenters. The number of aromatic nitrogens is 2. The minimum Gasteiger partial charge on any atom is -0.454 e. The molecule has 1 aliphatic rings. The average Bonchev–Trinajstić information content (AvgIpc) is 2.97. The average molecular weight is 285 g/mol. The standard InChI is InChI=1S/C11H9ClN2O3S/c12-11-14-13-10(18-11)5-15-4-7-1-2-8-9(3-7)17-6-16-8/h1-3H,4-6H2. The van der Waals surface area contributed by atoms with Gasteiger partial charge in [-0.3, -0.25) is 0 Å². The van der Waals surface area contributed by atoms with E-state index in [2.05, 4.69) is 10.2 Å². The Balaban J connectivity index is 1.57.